The molecule has 0 aliphatic carbocycles. The molecule has 3 heterocycles. The van der Waals surface area contributed by atoms with E-state index in [9.17, 15) is 4.79 Å². The molecular formula is C33H37ClN4O5. The molecule has 43 heavy (non-hydrogen) atoms. The van der Waals surface area contributed by atoms with E-state index in [1.165, 1.54) is 0 Å². The van der Waals surface area contributed by atoms with Gasteiger partial charge in [0.15, 0.2) is 11.5 Å². The lowest BCUT2D eigenvalue weighted by molar-refractivity contribution is 0.0367. The average Bonchev–Trinajstić information content (AvgIpc) is 3.39. The first-order chi connectivity index (χ1) is 21.0. The molecule has 3 aromatic carbocycles. The van der Waals surface area contributed by atoms with Gasteiger partial charge in [-0.1, -0.05) is 17.7 Å². The van der Waals surface area contributed by atoms with E-state index in [-0.39, 0.29) is 0 Å². The number of ether oxygens (including phenoxy) is 4. The van der Waals surface area contributed by atoms with E-state index >= 15 is 0 Å². The number of anilines is 1. The fourth-order valence-electron chi connectivity index (χ4n) is 5.93. The first-order valence-corrected chi connectivity index (χ1v) is 15.1. The molecule has 4 aromatic rings. The fraction of sp³-hybridized carbons (Fsp3) is 0.364. The fourth-order valence-corrected chi connectivity index (χ4v) is 6.06. The summed E-state index contributed by atoms with van der Waals surface area (Å²) in [5.41, 5.74) is 10.8. The maximum atomic E-state index is 13.7. The summed E-state index contributed by atoms with van der Waals surface area (Å²) in [5, 5.41) is 1.64. The number of hydrogen-bond acceptors (Lipinski definition) is 7. The van der Waals surface area contributed by atoms with Crippen LogP contribution in [0.2, 0.25) is 5.02 Å². The molecule has 1 saturated heterocycles. The van der Waals surface area contributed by atoms with Crippen molar-refractivity contribution >= 4 is 34.3 Å². The number of hydrogen-bond donors (Lipinski definition) is 2. The summed E-state index contributed by atoms with van der Waals surface area (Å²) >= 11 is 6.04. The van der Waals surface area contributed by atoms with Gasteiger partial charge in [-0.3, -0.25) is 9.80 Å². The monoisotopic (exact) mass is 604 g/mol. The molecule has 9 nitrogen and oxygen atoms in total. The van der Waals surface area contributed by atoms with Crippen LogP contribution in [-0.4, -0.2) is 74.0 Å². The van der Waals surface area contributed by atoms with Crippen LogP contribution < -0.4 is 19.9 Å². The van der Waals surface area contributed by atoms with Crippen molar-refractivity contribution in [3.05, 3.63) is 82.5 Å². The molecule has 6 rings (SSSR count). The molecule has 1 amide bonds. The number of H-pyrrole nitrogens is 1. The lowest BCUT2D eigenvalue weighted by atomic mass is 9.92. The SMILES string of the molecule is COc1ccc(C2c3[nH]c4ccc(N)cc4c3CCN2C(=O)Oc2ccc(Cl)cc2)cc1OCCCCN1CCOCC1. The number of benzene rings is 3. The van der Waals surface area contributed by atoms with E-state index in [2.05, 4.69) is 9.88 Å². The van der Waals surface area contributed by atoms with Gasteiger partial charge in [0.05, 0.1) is 26.9 Å². The lowest BCUT2D eigenvalue weighted by Gasteiger charge is -2.35. The highest BCUT2D eigenvalue weighted by atomic mass is 35.5. The number of nitrogen functional groups attached to an aromatic ring is 1. The predicted molar refractivity (Wildman–Crippen MR) is 167 cm³/mol. The molecule has 1 aromatic heterocycles. The Hall–Kier alpha value is -3.92. The highest BCUT2D eigenvalue weighted by Crippen LogP contribution is 2.41. The minimum Gasteiger partial charge on any atom is -0.493 e. The third-order valence-electron chi connectivity index (χ3n) is 8.14. The highest BCUT2D eigenvalue weighted by Gasteiger charge is 2.36. The second-order valence-corrected chi connectivity index (χ2v) is 11.3. The number of carbonyl (C=O) groups excluding carboxylic acids is 1. The molecule has 1 atom stereocenters. The summed E-state index contributed by atoms with van der Waals surface area (Å²) in [4.78, 5) is 21.4. The molecule has 3 N–H and O–H groups in total. The van der Waals surface area contributed by atoms with Gasteiger partial charge >= 0.3 is 6.09 Å². The van der Waals surface area contributed by atoms with Gasteiger partial charge in [-0.2, -0.15) is 0 Å². The molecule has 2 aliphatic rings. The lowest BCUT2D eigenvalue weighted by Crippen LogP contribution is -2.42. The van der Waals surface area contributed by atoms with Crippen LogP contribution in [0.4, 0.5) is 10.5 Å². The number of morpholine rings is 1. The molecule has 226 valence electrons. The standard InChI is InChI=1S/C33H37ClN4O5/c1-40-29-11-4-22(20-30(29)42-17-3-2-13-37-15-18-41-19-16-37)32-31-26(27-21-24(35)7-10-28(27)36-31)12-14-38(32)33(39)43-25-8-5-23(34)6-9-25/h4-11,20-21,32,36H,2-3,12-19,35H2,1H3. The second kappa shape index (κ2) is 13.2. The third-order valence-corrected chi connectivity index (χ3v) is 8.39. The number of nitrogens with one attached hydrogen (secondary N) is 1. The minimum absolute atomic E-state index is 0.430. The summed E-state index contributed by atoms with van der Waals surface area (Å²) in [6.07, 6.45) is 2.17. The van der Waals surface area contributed by atoms with Crippen LogP contribution in [0.5, 0.6) is 17.2 Å². The molecule has 0 saturated carbocycles. The Morgan fingerprint density at radius 2 is 1.84 bits per heavy atom. The summed E-state index contributed by atoms with van der Waals surface area (Å²) in [7, 11) is 1.64. The normalized spacial score (nSPS) is 17.1. The van der Waals surface area contributed by atoms with Crippen molar-refractivity contribution in [2.24, 2.45) is 0 Å². The first kappa shape index (κ1) is 29.2. The zero-order chi connectivity index (χ0) is 29.8. The Bertz CT molecular complexity index is 1570. The molecule has 1 unspecified atom stereocenters. The van der Waals surface area contributed by atoms with Crippen molar-refractivity contribution in [1.82, 2.24) is 14.8 Å². The van der Waals surface area contributed by atoms with E-state index in [1.54, 1.807) is 36.3 Å². The van der Waals surface area contributed by atoms with E-state index in [0.717, 1.165) is 73.4 Å². The topological polar surface area (TPSA) is 102 Å². The smallest absolute Gasteiger partial charge is 0.416 e. The van der Waals surface area contributed by atoms with Crippen molar-refractivity contribution < 1.29 is 23.7 Å². The van der Waals surface area contributed by atoms with Crippen molar-refractivity contribution in [1.29, 1.82) is 0 Å². The van der Waals surface area contributed by atoms with Gasteiger partial charge in [0.2, 0.25) is 0 Å². The quantitative estimate of drug-likeness (QED) is 0.177. The number of methoxy groups -OCH3 is 1. The van der Waals surface area contributed by atoms with Crippen LogP contribution >= 0.6 is 11.6 Å². The number of halogens is 1. The maximum absolute atomic E-state index is 13.7. The molecular weight excluding hydrogens is 568 g/mol. The summed E-state index contributed by atoms with van der Waals surface area (Å²) in [5.74, 6) is 1.72. The number of nitrogens with two attached hydrogens (primary N) is 1. The Kier molecular flexibility index (Phi) is 8.92. The van der Waals surface area contributed by atoms with E-state index in [4.69, 9.17) is 36.3 Å². The largest absolute Gasteiger partial charge is 0.493 e. The van der Waals surface area contributed by atoms with Gasteiger partial charge in [-0.15, -0.1) is 0 Å². The van der Waals surface area contributed by atoms with E-state index < -0.39 is 12.1 Å². The van der Waals surface area contributed by atoms with Crippen LogP contribution in [0.1, 0.15) is 35.7 Å². The summed E-state index contributed by atoms with van der Waals surface area (Å²) in [6, 6.07) is 18.0. The summed E-state index contributed by atoms with van der Waals surface area (Å²) < 4.78 is 23.2. The molecule has 0 bridgehead atoms. The molecule has 0 radical (unpaired) electrons. The Morgan fingerprint density at radius 1 is 1.02 bits per heavy atom. The van der Waals surface area contributed by atoms with Crippen LogP contribution in [0.15, 0.2) is 60.7 Å². The van der Waals surface area contributed by atoms with Gasteiger partial charge in [0, 0.05) is 46.9 Å². The van der Waals surface area contributed by atoms with Crippen molar-refractivity contribution in [2.45, 2.75) is 25.3 Å². The second-order valence-electron chi connectivity index (χ2n) is 10.9. The number of nitrogens with zero attached hydrogens (tertiary/aromatic N) is 2. The van der Waals surface area contributed by atoms with Crippen molar-refractivity contribution in [3.63, 3.8) is 0 Å². The van der Waals surface area contributed by atoms with Gasteiger partial charge in [0.25, 0.3) is 0 Å². The van der Waals surface area contributed by atoms with Crippen LogP contribution in [-0.2, 0) is 11.2 Å². The first-order valence-electron chi connectivity index (χ1n) is 14.7. The third kappa shape index (κ3) is 6.54. The Labute approximate surface area is 256 Å². The zero-order valence-corrected chi connectivity index (χ0v) is 25.1. The Balaban J connectivity index is 1.27. The van der Waals surface area contributed by atoms with Crippen LogP contribution in [0.25, 0.3) is 10.9 Å². The van der Waals surface area contributed by atoms with Crippen molar-refractivity contribution in [2.75, 3.05) is 58.8 Å². The van der Waals surface area contributed by atoms with E-state index in [0.29, 0.717) is 47.5 Å². The molecule has 2 aliphatic heterocycles. The van der Waals surface area contributed by atoms with Gasteiger partial charge in [0.1, 0.15) is 11.8 Å². The van der Waals surface area contributed by atoms with Gasteiger partial charge < -0.3 is 29.7 Å². The van der Waals surface area contributed by atoms with Crippen LogP contribution in [0.3, 0.4) is 0 Å². The molecule has 0 spiro atoms. The Morgan fingerprint density at radius 3 is 2.63 bits per heavy atom. The minimum atomic E-state index is -0.447. The van der Waals surface area contributed by atoms with E-state index in [1.807, 2.05) is 36.4 Å². The highest BCUT2D eigenvalue weighted by molar-refractivity contribution is 6.30. The van der Waals surface area contributed by atoms with Gasteiger partial charge in [-0.05, 0) is 91.5 Å². The van der Waals surface area contributed by atoms with Gasteiger partial charge in [-0.25, -0.2) is 4.79 Å². The molecule has 1 fully saturated rings. The number of rotatable bonds is 9. The summed E-state index contributed by atoms with van der Waals surface area (Å²) in [6.45, 7) is 5.64. The number of carbonyl (C=O) groups is 1. The number of amides is 1. The number of aromatic nitrogens is 1. The van der Waals surface area contributed by atoms with Crippen LogP contribution in [0, 0.1) is 0 Å². The maximum Gasteiger partial charge on any atom is 0.416 e. The zero-order valence-electron chi connectivity index (χ0n) is 24.3. The molecule has 10 heteroatoms. The number of aromatic amines is 1. The van der Waals surface area contributed by atoms with Crippen molar-refractivity contribution in [3.8, 4) is 17.2 Å². The predicted octanol–water partition coefficient (Wildman–Crippen LogP) is 6.05. The average molecular weight is 605 g/mol. The number of fused-ring (bicyclic) bond motifs is 3. The number of unbranched alkanes of at least 4 members (excludes halogenated alkanes) is 1.